The SMILES string of the molecule is CNCC(c1ccccc1Cl)C(F)(F)F. The van der Waals surface area contributed by atoms with Gasteiger partial charge in [-0.05, 0) is 18.7 Å². The topological polar surface area (TPSA) is 12.0 Å². The zero-order chi connectivity index (χ0) is 11.5. The summed E-state index contributed by atoms with van der Waals surface area (Å²) in [7, 11) is 1.48. The first kappa shape index (κ1) is 12.3. The highest BCUT2D eigenvalue weighted by atomic mass is 35.5. The lowest BCUT2D eigenvalue weighted by molar-refractivity contribution is -0.149. The minimum absolute atomic E-state index is 0.112. The normalized spacial score (nSPS) is 13.9. The van der Waals surface area contributed by atoms with E-state index in [1.807, 2.05) is 0 Å². The van der Waals surface area contributed by atoms with E-state index < -0.39 is 12.1 Å². The van der Waals surface area contributed by atoms with Gasteiger partial charge in [0.1, 0.15) is 0 Å². The summed E-state index contributed by atoms with van der Waals surface area (Å²) in [5, 5.41) is 2.67. The molecule has 1 atom stereocenters. The fraction of sp³-hybridized carbons (Fsp3) is 0.400. The average Bonchev–Trinajstić information content (AvgIpc) is 2.14. The van der Waals surface area contributed by atoms with Crippen molar-refractivity contribution in [3.8, 4) is 0 Å². The maximum absolute atomic E-state index is 12.7. The van der Waals surface area contributed by atoms with Crippen molar-refractivity contribution >= 4 is 11.6 Å². The van der Waals surface area contributed by atoms with Crippen LogP contribution in [0, 0.1) is 0 Å². The van der Waals surface area contributed by atoms with Crippen LogP contribution in [-0.4, -0.2) is 19.8 Å². The molecule has 0 bridgehead atoms. The molecule has 1 N–H and O–H groups in total. The number of hydrogen-bond donors (Lipinski definition) is 1. The number of benzene rings is 1. The molecular formula is C10H11ClF3N. The molecule has 1 nitrogen and oxygen atoms in total. The summed E-state index contributed by atoms with van der Waals surface area (Å²) in [6.45, 7) is -0.173. The summed E-state index contributed by atoms with van der Waals surface area (Å²) in [4.78, 5) is 0. The van der Waals surface area contributed by atoms with Crippen molar-refractivity contribution in [3.05, 3.63) is 34.9 Å². The first-order chi connectivity index (χ1) is 6.96. The van der Waals surface area contributed by atoms with Crippen LogP contribution in [-0.2, 0) is 0 Å². The molecule has 0 radical (unpaired) electrons. The predicted molar refractivity (Wildman–Crippen MR) is 54.2 cm³/mol. The second-order valence-corrected chi connectivity index (χ2v) is 3.58. The van der Waals surface area contributed by atoms with E-state index in [1.165, 1.54) is 19.2 Å². The predicted octanol–water partition coefficient (Wildman–Crippen LogP) is 3.21. The molecular weight excluding hydrogens is 227 g/mol. The molecule has 0 heterocycles. The number of hydrogen-bond acceptors (Lipinski definition) is 1. The first-order valence-electron chi connectivity index (χ1n) is 4.42. The third kappa shape index (κ3) is 3.11. The van der Waals surface area contributed by atoms with E-state index in [1.54, 1.807) is 12.1 Å². The van der Waals surface area contributed by atoms with Gasteiger partial charge in [0, 0.05) is 11.6 Å². The van der Waals surface area contributed by atoms with Crippen molar-refractivity contribution in [3.63, 3.8) is 0 Å². The Morgan fingerprint density at radius 2 is 1.93 bits per heavy atom. The average molecular weight is 238 g/mol. The maximum Gasteiger partial charge on any atom is 0.397 e. The second-order valence-electron chi connectivity index (χ2n) is 3.17. The van der Waals surface area contributed by atoms with Crippen molar-refractivity contribution < 1.29 is 13.2 Å². The molecule has 1 aromatic rings. The lowest BCUT2D eigenvalue weighted by Gasteiger charge is -2.21. The molecule has 0 fully saturated rings. The highest BCUT2D eigenvalue weighted by Crippen LogP contribution is 2.37. The van der Waals surface area contributed by atoms with Gasteiger partial charge in [-0.25, -0.2) is 0 Å². The molecule has 5 heteroatoms. The highest BCUT2D eigenvalue weighted by molar-refractivity contribution is 6.31. The highest BCUT2D eigenvalue weighted by Gasteiger charge is 2.40. The summed E-state index contributed by atoms with van der Waals surface area (Å²) < 4.78 is 38.0. The fourth-order valence-corrected chi connectivity index (χ4v) is 1.63. The van der Waals surface area contributed by atoms with Crippen LogP contribution in [0.1, 0.15) is 11.5 Å². The number of alkyl halides is 3. The van der Waals surface area contributed by atoms with Gasteiger partial charge in [-0.2, -0.15) is 13.2 Å². The monoisotopic (exact) mass is 237 g/mol. The van der Waals surface area contributed by atoms with E-state index in [0.29, 0.717) is 0 Å². The third-order valence-corrected chi connectivity index (χ3v) is 2.43. The minimum atomic E-state index is -4.28. The van der Waals surface area contributed by atoms with Crippen molar-refractivity contribution in [2.45, 2.75) is 12.1 Å². The number of nitrogens with one attached hydrogen (secondary N) is 1. The van der Waals surface area contributed by atoms with Gasteiger partial charge in [0.25, 0.3) is 0 Å². The van der Waals surface area contributed by atoms with Gasteiger partial charge in [-0.1, -0.05) is 29.8 Å². The third-order valence-electron chi connectivity index (χ3n) is 2.08. The summed E-state index contributed by atoms with van der Waals surface area (Å²) in [5.41, 5.74) is 0.112. The molecule has 1 unspecified atom stereocenters. The van der Waals surface area contributed by atoms with Gasteiger partial charge in [0.15, 0.2) is 0 Å². The zero-order valence-electron chi connectivity index (χ0n) is 8.11. The van der Waals surface area contributed by atoms with E-state index in [-0.39, 0.29) is 17.1 Å². The summed E-state index contributed by atoms with van der Waals surface area (Å²) >= 11 is 5.73. The van der Waals surface area contributed by atoms with E-state index in [9.17, 15) is 13.2 Å². The Labute approximate surface area is 91.2 Å². The number of likely N-dealkylation sites (N-methyl/N-ethyl adjacent to an activating group) is 1. The smallest absolute Gasteiger partial charge is 0.319 e. The number of rotatable bonds is 3. The van der Waals surface area contributed by atoms with E-state index in [0.717, 1.165) is 0 Å². The molecule has 0 aliphatic heterocycles. The molecule has 0 aliphatic rings. The van der Waals surface area contributed by atoms with E-state index in [4.69, 9.17) is 11.6 Å². The Hall–Kier alpha value is -0.740. The molecule has 1 rings (SSSR count). The van der Waals surface area contributed by atoms with Gasteiger partial charge >= 0.3 is 6.18 Å². The molecule has 0 saturated carbocycles. The van der Waals surface area contributed by atoms with Crippen LogP contribution in [0.25, 0.3) is 0 Å². The van der Waals surface area contributed by atoms with Crippen molar-refractivity contribution in [1.29, 1.82) is 0 Å². The Morgan fingerprint density at radius 1 is 1.33 bits per heavy atom. The fourth-order valence-electron chi connectivity index (χ4n) is 1.36. The molecule has 0 spiro atoms. The summed E-state index contributed by atoms with van der Waals surface area (Å²) in [5.74, 6) is -1.56. The lowest BCUT2D eigenvalue weighted by atomic mass is 9.98. The van der Waals surface area contributed by atoms with Crippen molar-refractivity contribution in [1.82, 2.24) is 5.32 Å². The second kappa shape index (κ2) is 4.86. The van der Waals surface area contributed by atoms with Crippen LogP contribution in [0.15, 0.2) is 24.3 Å². The molecule has 1 aromatic carbocycles. The van der Waals surface area contributed by atoms with Crippen LogP contribution >= 0.6 is 11.6 Å². The Morgan fingerprint density at radius 3 is 2.40 bits per heavy atom. The van der Waals surface area contributed by atoms with Crippen molar-refractivity contribution in [2.75, 3.05) is 13.6 Å². The van der Waals surface area contributed by atoms with Crippen LogP contribution < -0.4 is 5.32 Å². The van der Waals surface area contributed by atoms with Crippen molar-refractivity contribution in [2.24, 2.45) is 0 Å². The van der Waals surface area contributed by atoms with Gasteiger partial charge in [-0.3, -0.25) is 0 Å². The van der Waals surface area contributed by atoms with Crippen LogP contribution in [0.4, 0.5) is 13.2 Å². The van der Waals surface area contributed by atoms with E-state index in [2.05, 4.69) is 5.32 Å². The molecule has 15 heavy (non-hydrogen) atoms. The first-order valence-corrected chi connectivity index (χ1v) is 4.80. The quantitative estimate of drug-likeness (QED) is 0.851. The Balaban J connectivity index is 3.05. The standard InChI is InChI=1S/C10H11ClF3N/c1-15-6-8(10(12,13)14)7-4-2-3-5-9(7)11/h2-5,8,15H,6H2,1H3. The molecule has 0 aliphatic carbocycles. The van der Waals surface area contributed by atoms with Gasteiger partial charge in [0.2, 0.25) is 0 Å². The zero-order valence-corrected chi connectivity index (χ0v) is 8.86. The van der Waals surface area contributed by atoms with Crippen LogP contribution in [0.2, 0.25) is 5.02 Å². The maximum atomic E-state index is 12.7. The molecule has 84 valence electrons. The Kier molecular flexibility index (Phi) is 3.99. The molecule has 0 saturated heterocycles. The van der Waals surface area contributed by atoms with Gasteiger partial charge in [0.05, 0.1) is 5.92 Å². The minimum Gasteiger partial charge on any atom is -0.319 e. The molecule has 0 amide bonds. The lowest BCUT2D eigenvalue weighted by Crippen LogP contribution is -2.30. The van der Waals surface area contributed by atoms with Crippen LogP contribution in [0.3, 0.4) is 0 Å². The number of halogens is 4. The Bertz CT molecular complexity index is 325. The summed E-state index contributed by atoms with van der Waals surface area (Å²) in [6.07, 6.45) is -4.28. The van der Waals surface area contributed by atoms with Crippen LogP contribution in [0.5, 0.6) is 0 Å². The largest absolute Gasteiger partial charge is 0.397 e. The van der Waals surface area contributed by atoms with Gasteiger partial charge in [-0.15, -0.1) is 0 Å². The van der Waals surface area contributed by atoms with Gasteiger partial charge < -0.3 is 5.32 Å². The molecule has 0 aromatic heterocycles. The summed E-state index contributed by atoms with van der Waals surface area (Å²) in [6, 6.07) is 6.03. The van der Waals surface area contributed by atoms with E-state index >= 15 is 0 Å².